The highest BCUT2D eigenvalue weighted by atomic mass is 32.1. The number of benzene rings is 1. The number of carbonyl (C=O) groups is 1. The normalized spacial score (nSPS) is 10.4. The molecule has 82 valence electrons. The molecule has 2 heteroatoms. The minimum atomic E-state index is 0.203. The third kappa shape index (κ3) is 2.07. The second kappa shape index (κ2) is 4.62. The average molecular weight is 230 g/mol. The van der Waals surface area contributed by atoms with Gasteiger partial charge in [-0.1, -0.05) is 31.2 Å². The molecule has 0 amide bonds. The Hall–Kier alpha value is -1.41. The van der Waals surface area contributed by atoms with E-state index >= 15 is 0 Å². The van der Waals surface area contributed by atoms with Gasteiger partial charge in [0.05, 0.1) is 0 Å². The van der Waals surface area contributed by atoms with E-state index < -0.39 is 0 Å². The molecule has 16 heavy (non-hydrogen) atoms. The van der Waals surface area contributed by atoms with Gasteiger partial charge in [-0.2, -0.15) is 0 Å². The van der Waals surface area contributed by atoms with E-state index in [1.165, 1.54) is 16.0 Å². The molecule has 0 saturated heterocycles. The van der Waals surface area contributed by atoms with Crippen molar-refractivity contribution in [3.63, 3.8) is 0 Å². The molecule has 0 atom stereocenters. The maximum Gasteiger partial charge on any atom is 0.162 e. The van der Waals surface area contributed by atoms with Crippen LogP contribution < -0.4 is 0 Å². The van der Waals surface area contributed by atoms with Crippen molar-refractivity contribution in [2.45, 2.75) is 20.3 Å². The SMILES string of the molecule is CCC(=O)c1ccc(-c2sccc2C)cc1. The fourth-order valence-electron chi connectivity index (χ4n) is 1.68. The van der Waals surface area contributed by atoms with Crippen LogP contribution in [0, 0.1) is 6.92 Å². The van der Waals surface area contributed by atoms with Crippen LogP contribution in [0.4, 0.5) is 0 Å². The summed E-state index contributed by atoms with van der Waals surface area (Å²) >= 11 is 1.74. The molecule has 2 aromatic rings. The summed E-state index contributed by atoms with van der Waals surface area (Å²) in [5.41, 5.74) is 3.29. The summed E-state index contributed by atoms with van der Waals surface area (Å²) in [4.78, 5) is 12.8. The fraction of sp³-hybridized carbons (Fsp3) is 0.214. The zero-order chi connectivity index (χ0) is 11.5. The van der Waals surface area contributed by atoms with Gasteiger partial charge >= 0.3 is 0 Å². The van der Waals surface area contributed by atoms with Crippen LogP contribution in [-0.4, -0.2) is 5.78 Å². The maximum absolute atomic E-state index is 11.5. The zero-order valence-corrected chi connectivity index (χ0v) is 10.3. The molecule has 0 N–H and O–H groups in total. The van der Waals surface area contributed by atoms with Crippen LogP contribution in [0.1, 0.15) is 29.3 Å². The lowest BCUT2D eigenvalue weighted by molar-refractivity contribution is 0.0988. The van der Waals surface area contributed by atoms with Crippen LogP contribution in [0.15, 0.2) is 35.7 Å². The molecule has 1 aromatic carbocycles. The largest absolute Gasteiger partial charge is 0.294 e. The van der Waals surface area contributed by atoms with Crippen LogP contribution in [0.2, 0.25) is 0 Å². The number of Topliss-reactive ketones (excluding diaryl/α,β-unsaturated/α-hetero) is 1. The van der Waals surface area contributed by atoms with Crippen molar-refractivity contribution in [1.82, 2.24) is 0 Å². The van der Waals surface area contributed by atoms with Crippen molar-refractivity contribution >= 4 is 17.1 Å². The van der Waals surface area contributed by atoms with Gasteiger partial charge in [0, 0.05) is 16.9 Å². The minimum Gasteiger partial charge on any atom is -0.294 e. The Morgan fingerprint density at radius 1 is 1.19 bits per heavy atom. The summed E-state index contributed by atoms with van der Waals surface area (Å²) in [6.07, 6.45) is 0.567. The smallest absolute Gasteiger partial charge is 0.162 e. The third-order valence-corrected chi connectivity index (χ3v) is 3.72. The zero-order valence-electron chi connectivity index (χ0n) is 9.49. The summed E-state index contributed by atoms with van der Waals surface area (Å²) in [6, 6.07) is 10.0. The van der Waals surface area contributed by atoms with E-state index in [1.807, 2.05) is 31.2 Å². The van der Waals surface area contributed by atoms with Gasteiger partial charge in [-0.25, -0.2) is 0 Å². The molecule has 1 aromatic heterocycles. The average Bonchev–Trinajstić information content (AvgIpc) is 2.75. The Labute approximate surface area is 99.8 Å². The van der Waals surface area contributed by atoms with Crippen LogP contribution >= 0.6 is 11.3 Å². The second-order valence-corrected chi connectivity index (χ2v) is 4.70. The molecule has 1 heterocycles. The number of hydrogen-bond donors (Lipinski definition) is 0. The lowest BCUT2D eigenvalue weighted by atomic mass is 10.0. The molecule has 1 nitrogen and oxygen atoms in total. The number of hydrogen-bond acceptors (Lipinski definition) is 2. The van der Waals surface area contributed by atoms with Crippen molar-refractivity contribution in [3.05, 3.63) is 46.8 Å². The highest BCUT2D eigenvalue weighted by Gasteiger charge is 2.05. The topological polar surface area (TPSA) is 17.1 Å². The van der Waals surface area contributed by atoms with E-state index in [-0.39, 0.29) is 5.78 Å². The third-order valence-electron chi connectivity index (χ3n) is 2.65. The quantitative estimate of drug-likeness (QED) is 0.718. The predicted octanol–water partition coefficient (Wildman–Crippen LogP) is 4.32. The molecule has 0 saturated carbocycles. The van der Waals surface area contributed by atoms with E-state index in [4.69, 9.17) is 0 Å². The number of rotatable bonds is 3. The van der Waals surface area contributed by atoms with Gasteiger partial charge in [-0.15, -0.1) is 11.3 Å². The van der Waals surface area contributed by atoms with E-state index in [1.54, 1.807) is 11.3 Å². The molecule has 0 aliphatic heterocycles. The number of aryl methyl sites for hydroxylation is 1. The summed E-state index contributed by atoms with van der Waals surface area (Å²) in [5, 5.41) is 2.09. The molecule has 0 unspecified atom stereocenters. The van der Waals surface area contributed by atoms with Crippen LogP contribution in [0.3, 0.4) is 0 Å². The predicted molar refractivity (Wildman–Crippen MR) is 69.1 cm³/mol. The Morgan fingerprint density at radius 2 is 1.88 bits per heavy atom. The summed E-state index contributed by atoms with van der Waals surface area (Å²) in [5.74, 6) is 0.203. The molecule has 0 fully saturated rings. The molecule has 0 spiro atoms. The van der Waals surface area contributed by atoms with Crippen molar-refractivity contribution in [2.24, 2.45) is 0 Å². The Bertz CT molecular complexity index is 494. The summed E-state index contributed by atoms with van der Waals surface area (Å²) in [7, 11) is 0. The van der Waals surface area contributed by atoms with Gasteiger partial charge < -0.3 is 0 Å². The van der Waals surface area contributed by atoms with Crippen molar-refractivity contribution in [2.75, 3.05) is 0 Å². The Kier molecular flexibility index (Phi) is 3.20. The second-order valence-electron chi connectivity index (χ2n) is 3.79. The lowest BCUT2D eigenvalue weighted by Crippen LogP contribution is -1.95. The first-order chi connectivity index (χ1) is 7.72. The van der Waals surface area contributed by atoms with Gasteiger partial charge in [-0.3, -0.25) is 4.79 Å². The molecule has 0 aliphatic rings. The summed E-state index contributed by atoms with van der Waals surface area (Å²) in [6.45, 7) is 4.00. The number of carbonyl (C=O) groups excluding carboxylic acids is 1. The van der Waals surface area contributed by atoms with E-state index in [0.717, 1.165) is 5.56 Å². The highest BCUT2D eigenvalue weighted by molar-refractivity contribution is 7.13. The molecule has 0 aliphatic carbocycles. The van der Waals surface area contributed by atoms with Crippen molar-refractivity contribution in [3.8, 4) is 10.4 Å². The fourth-order valence-corrected chi connectivity index (χ4v) is 2.61. The molecule has 2 rings (SSSR count). The monoisotopic (exact) mass is 230 g/mol. The first kappa shape index (κ1) is 11.1. The van der Waals surface area contributed by atoms with Gasteiger partial charge in [-0.05, 0) is 29.5 Å². The van der Waals surface area contributed by atoms with Gasteiger partial charge in [0.2, 0.25) is 0 Å². The van der Waals surface area contributed by atoms with Crippen LogP contribution in [0.25, 0.3) is 10.4 Å². The van der Waals surface area contributed by atoms with E-state index in [9.17, 15) is 4.79 Å². The number of thiophene rings is 1. The number of ketones is 1. The first-order valence-corrected chi connectivity index (χ1v) is 6.28. The first-order valence-electron chi connectivity index (χ1n) is 5.40. The van der Waals surface area contributed by atoms with Crippen LogP contribution in [0.5, 0.6) is 0 Å². The summed E-state index contributed by atoms with van der Waals surface area (Å²) < 4.78 is 0. The molecule has 0 radical (unpaired) electrons. The molecular weight excluding hydrogens is 216 g/mol. The maximum atomic E-state index is 11.5. The van der Waals surface area contributed by atoms with Crippen molar-refractivity contribution in [1.29, 1.82) is 0 Å². The van der Waals surface area contributed by atoms with Gasteiger partial charge in [0.25, 0.3) is 0 Å². The highest BCUT2D eigenvalue weighted by Crippen LogP contribution is 2.29. The van der Waals surface area contributed by atoms with Crippen LogP contribution in [-0.2, 0) is 0 Å². The lowest BCUT2D eigenvalue weighted by Gasteiger charge is -2.02. The standard InChI is InChI=1S/C14H14OS/c1-3-13(15)11-4-6-12(7-5-11)14-10(2)8-9-16-14/h4-9H,3H2,1-2H3. The Balaban J connectivity index is 2.33. The Morgan fingerprint density at radius 3 is 2.38 bits per heavy atom. The minimum absolute atomic E-state index is 0.203. The van der Waals surface area contributed by atoms with E-state index in [0.29, 0.717) is 6.42 Å². The van der Waals surface area contributed by atoms with Gasteiger partial charge in [0.15, 0.2) is 5.78 Å². The van der Waals surface area contributed by atoms with Gasteiger partial charge in [0.1, 0.15) is 0 Å². The molecule has 0 bridgehead atoms. The molecular formula is C14H14OS. The van der Waals surface area contributed by atoms with Crippen molar-refractivity contribution < 1.29 is 4.79 Å². The van der Waals surface area contributed by atoms with E-state index in [2.05, 4.69) is 18.4 Å².